The average Bonchev–Trinajstić information content (AvgIpc) is 2.71. The average molecular weight is 396 g/mol. The van der Waals surface area contributed by atoms with E-state index in [4.69, 9.17) is 4.74 Å². The van der Waals surface area contributed by atoms with Gasteiger partial charge in [-0.3, -0.25) is 14.4 Å². The molecule has 2 amide bonds. The molecular weight excluding hydrogens is 368 g/mol. The Hall–Kier alpha value is -3.15. The maximum Gasteiger partial charge on any atom is 0.326 e. The minimum Gasteiger partial charge on any atom is -0.451 e. The Balaban J connectivity index is 1.71. The molecular formula is C23H28N2O4. The lowest BCUT2D eigenvalue weighted by molar-refractivity contribution is -0.154. The number of ether oxygens (including phenoxy) is 1. The maximum absolute atomic E-state index is 12.2. The molecule has 0 saturated heterocycles. The van der Waals surface area contributed by atoms with Crippen LogP contribution in [0, 0.1) is 6.92 Å². The van der Waals surface area contributed by atoms with Gasteiger partial charge in [0.1, 0.15) is 6.54 Å². The molecule has 0 heterocycles. The van der Waals surface area contributed by atoms with Crippen LogP contribution < -0.4 is 10.6 Å². The third-order valence-corrected chi connectivity index (χ3v) is 4.56. The Morgan fingerprint density at radius 1 is 0.966 bits per heavy atom. The van der Waals surface area contributed by atoms with E-state index in [1.807, 2.05) is 56.3 Å². The Labute approximate surface area is 171 Å². The number of amides is 2. The topological polar surface area (TPSA) is 84.5 Å². The number of carbonyl (C=O) groups is 3. The molecule has 0 aliphatic rings. The van der Waals surface area contributed by atoms with E-state index in [-0.39, 0.29) is 24.4 Å². The van der Waals surface area contributed by atoms with E-state index in [9.17, 15) is 14.4 Å². The van der Waals surface area contributed by atoms with Crippen molar-refractivity contribution in [3.63, 3.8) is 0 Å². The highest BCUT2D eigenvalue weighted by molar-refractivity contribution is 5.97. The lowest BCUT2D eigenvalue weighted by atomic mass is 10.1. The molecule has 6 nitrogen and oxygen atoms in total. The molecule has 0 radical (unpaired) electrons. The molecule has 2 atom stereocenters. The van der Waals surface area contributed by atoms with Crippen LogP contribution in [0.2, 0.25) is 0 Å². The van der Waals surface area contributed by atoms with Crippen molar-refractivity contribution in [3.8, 4) is 0 Å². The second-order valence-corrected chi connectivity index (χ2v) is 7.06. The van der Waals surface area contributed by atoms with Gasteiger partial charge in [-0.1, -0.05) is 48.5 Å². The fourth-order valence-electron chi connectivity index (χ4n) is 2.83. The van der Waals surface area contributed by atoms with E-state index in [0.717, 1.165) is 18.4 Å². The van der Waals surface area contributed by atoms with Gasteiger partial charge in [0, 0.05) is 11.6 Å². The lowest BCUT2D eigenvalue weighted by Gasteiger charge is -2.18. The number of aryl methyl sites for hydroxylation is 2. The van der Waals surface area contributed by atoms with Gasteiger partial charge in [0.2, 0.25) is 0 Å². The Kier molecular flexibility index (Phi) is 8.40. The normalized spacial score (nSPS) is 12.5. The van der Waals surface area contributed by atoms with Crippen molar-refractivity contribution < 1.29 is 19.1 Å². The van der Waals surface area contributed by atoms with E-state index >= 15 is 0 Å². The zero-order chi connectivity index (χ0) is 21.2. The molecule has 0 aliphatic carbocycles. The molecule has 2 rings (SSSR count). The van der Waals surface area contributed by atoms with Crippen LogP contribution in [0.4, 0.5) is 0 Å². The molecule has 2 N–H and O–H groups in total. The van der Waals surface area contributed by atoms with Crippen molar-refractivity contribution in [2.45, 2.75) is 45.8 Å². The third-order valence-electron chi connectivity index (χ3n) is 4.56. The summed E-state index contributed by atoms with van der Waals surface area (Å²) in [6.45, 7) is 4.95. The fourth-order valence-corrected chi connectivity index (χ4v) is 2.83. The number of esters is 1. The highest BCUT2D eigenvalue weighted by Crippen LogP contribution is 2.07. The highest BCUT2D eigenvalue weighted by atomic mass is 16.5. The van der Waals surface area contributed by atoms with Crippen LogP contribution in [-0.2, 0) is 20.7 Å². The van der Waals surface area contributed by atoms with Crippen LogP contribution >= 0.6 is 0 Å². The summed E-state index contributed by atoms with van der Waals surface area (Å²) in [5, 5.41) is 5.37. The fraction of sp³-hybridized carbons (Fsp3) is 0.348. The summed E-state index contributed by atoms with van der Waals surface area (Å²) in [5.41, 5.74) is 2.52. The molecule has 0 unspecified atom stereocenters. The highest BCUT2D eigenvalue weighted by Gasteiger charge is 2.20. The third kappa shape index (κ3) is 7.41. The van der Waals surface area contributed by atoms with Gasteiger partial charge in [-0.05, 0) is 50.8 Å². The van der Waals surface area contributed by atoms with Gasteiger partial charge in [0.25, 0.3) is 11.8 Å². The second kappa shape index (κ2) is 11.0. The molecule has 0 aromatic heterocycles. The summed E-state index contributed by atoms with van der Waals surface area (Å²) in [7, 11) is 0. The summed E-state index contributed by atoms with van der Waals surface area (Å²) in [6, 6.07) is 17.1. The van der Waals surface area contributed by atoms with Crippen LogP contribution in [0.5, 0.6) is 0 Å². The minimum absolute atomic E-state index is 0.0513. The molecule has 0 bridgehead atoms. The van der Waals surface area contributed by atoms with Gasteiger partial charge in [-0.2, -0.15) is 0 Å². The second-order valence-electron chi connectivity index (χ2n) is 7.06. The SMILES string of the molecule is Cc1ccccc1C(=O)NCC(=O)O[C@@H](C)C(=O)N[C@@H](C)CCc1ccccc1. The first kappa shape index (κ1) is 22.1. The van der Waals surface area contributed by atoms with E-state index in [1.54, 1.807) is 12.1 Å². The maximum atomic E-state index is 12.2. The van der Waals surface area contributed by atoms with Crippen molar-refractivity contribution >= 4 is 17.8 Å². The molecule has 2 aromatic carbocycles. The number of hydrogen-bond donors (Lipinski definition) is 2. The Morgan fingerprint density at radius 2 is 1.62 bits per heavy atom. The van der Waals surface area contributed by atoms with Gasteiger partial charge >= 0.3 is 5.97 Å². The molecule has 0 saturated carbocycles. The molecule has 0 aliphatic heterocycles. The van der Waals surface area contributed by atoms with Gasteiger partial charge in [-0.25, -0.2) is 0 Å². The van der Waals surface area contributed by atoms with Gasteiger partial charge in [0.15, 0.2) is 6.10 Å². The summed E-state index contributed by atoms with van der Waals surface area (Å²) in [6.07, 6.45) is 0.696. The summed E-state index contributed by atoms with van der Waals surface area (Å²) < 4.78 is 5.13. The zero-order valence-electron chi connectivity index (χ0n) is 17.1. The first-order chi connectivity index (χ1) is 13.9. The quantitative estimate of drug-likeness (QED) is 0.639. The molecule has 2 aromatic rings. The smallest absolute Gasteiger partial charge is 0.326 e. The Morgan fingerprint density at radius 3 is 2.31 bits per heavy atom. The van der Waals surface area contributed by atoms with E-state index in [2.05, 4.69) is 10.6 Å². The van der Waals surface area contributed by atoms with Crippen molar-refractivity contribution in [3.05, 3.63) is 71.3 Å². The minimum atomic E-state index is -0.933. The predicted molar refractivity (Wildman–Crippen MR) is 111 cm³/mol. The largest absolute Gasteiger partial charge is 0.451 e. The number of hydrogen-bond acceptors (Lipinski definition) is 4. The van der Waals surface area contributed by atoms with Crippen LogP contribution in [0.25, 0.3) is 0 Å². The van der Waals surface area contributed by atoms with Crippen LogP contribution in [0.3, 0.4) is 0 Å². The molecule has 154 valence electrons. The predicted octanol–water partition coefficient (Wildman–Crippen LogP) is 2.79. The van der Waals surface area contributed by atoms with Gasteiger partial charge in [0.05, 0.1) is 0 Å². The molecule has 29 heavy (non-hydrogen) atoms. The van der Waals surface area contributed by atoms with Crippen LogP contribution in [-0.4, -0.2) is 36.5 Å². The van der Waals surface area contributed by atoms with Crippen molar-refractivity contribution in [1.29, 1.82) is 0 Å². The molecule has 0 spiro atoms. The summed E-state index contributed by atoms with van der Waals surface area (Å²) in [5.74, 6) is -1.37. The summed E-state index contributed by atoms with van der Waals surface area (Å²) >= 11 is 0. The van der Waals surface area contributed by atoms with Crippen molar-refractivity contribution in [2.24, 2.45) is 0 Å². The van der Waals surface area contributed by atoms with Crippen molar-refractivity contribution in [2.75, 3.05) is 6.54 Å². The number of rotatable bonds is 9. The Bertz CT molecular complexity index is 836. The lowest BCUT2D eigenvalue weighted by Crippen LogP contribution is -2.42. The molecule has 6 heteroatoms. The van der Waals surface area contributed by atoms with Gasteiger partial charge in [-0.15, -0.1) is 0 Å². The van der Waals surface area contributed by atoms with Crippen LogP contribution in [0.1, 0.15) is 41.8 Å². The van der Waals surface area contributed by atoms with E-state index in [0.29, 0.717) is 5.56 Å². The first-order valence-corrected chi connectivity index (χ1v) is 9.74. The standard InChI is InChI=1S/C23H28N2O4/c1-16-9-7-8-12-20(16)23(28)24-15-21(26)29-18(3)22(27)25-17(2)13-14-19-10-5-4-6-11-19/h4-12,17-18H,13-15H2,1-3H3,(H,24,28)(H,25,27)/t17-,18-/m0/s1. The zero-order valence-corrected chi connectivity index (χ0v) is 17.1. The monoisotopic (exact) mass is 396 g/mol. The molecule has 0 fully saturated rings. The number of carbonyl (C=O) groups excluding carboxylic acids is 3. The van der Waals surface area contributed by atoms with Crippen LogP contribution in [0.15, 0.2) is 54.6 Å². The van der Waals surface area contributed by atoms with Gasteiger partial charge < -0.3 is 15.4 Å². The van der Waals surface area contributed by atoms with E-state index < -0.39 is 12.1 Å². The summed E-state index contributed by atoms with van der Waals surface area (Å²) in [4.78, 5) is 36.3. The van der Waals surface area contributed by atoms with Crippen molar-refractivity contribution in [1.82, 2.24) is 10.6 Å². The number of nitrogens with one attached hydrogen (secondary N) is 2. The first-order valence-electron chi connectivity index (χ1n) is 9.74. The number of benzene rings is 2. The van der Waals surface area contributed by atoms with E-state index in [1.165, 1.54) is 12.5 Å².